The van der Waals surface area contributed by atoms with Gasteiger partial charge in [0.2, 0.25) is 0 Å². The second-order valence-corrected chi connectivity index (χ2v) is 5.46. The fourth-order valence-corrected chi connectivity index (χ4v) is 1.44. The first-order valence-electron chi connectivity index (χ1n) is 6.17. The highest BCUT2D eigenvalue weighted by Crippen LogP contribution is 2.24. The van der Waals surface area contributed by atoms with Gasteiger partial charge in [0.15, 0.2) is 0 Å². The number of rotatable bonds is 5. The van der Waals surface area contributed by atoms with Gasteiger partial charge in [0.05, 0.1) is 5.71 Å². The summed E-state index contributed by atoms with van der Waals surface area (Å²) in [5.41, 5.74) is 5.54. The molecule has 1 aliphatic heterocycles. The molecule has 0 fully saturated rings. The number of aliphatic imine (C=N–C) groups is 1. The molecule has 0 aromatic heterocycles. The first kappa shape index (κ1) is 14.2. The normalized spacial score (nSPS) is 21.2. The largest absolute Gasteiger partial charge is 0.435 e. The van der Waals surface area contributed by atoms with E-state index in [1.54, 1.807) is 0 Å². The highest BCUT2D eigenvalue weighted by molar-refractivity contribution is 6.39. The quantitative estimate of drug-likeness (QED) is 0.737. The van der Waals surface area contributed by atoms with Gasteiger partial charge >= 0.3 is 0 Å². The molecule has 0 aromatic carbocycles. The molecule has 95 valence electrons. The van der Waals surface area contributed by atoms with E-state index in [1.165, 1.54) is 0 Å². The van der Waals surface area contributed by atoms with Crippen molar-refractivity contribution in [3.05, 3.63) is 0 Å². The van der Waals surface area contributed by atoms with E-state index in [1.807, 2.05) is 7.48 Å². The molecule has 5 heteroatoms. The average molecular weight is 237 g/mol. The van der Waals surface area contributed by atoms with Crippen molar-refractivity contribution < 1.29 is 9.45 Å². The lowest BCUT2D eigenvalue weighted by Gasteiger charge is -2.32. The van der Waals surface area contributed by atoms with E-state index in [9.17, 15) is 4.79 Å². The van der Waals surface area contributed by atoms with E-state index in [2.05, 4.69) is 32.7 Å². The van der Waals surface area contributed by atoms with Crippen LogP contribution in [-0.2, 0) is 9.45 Å². The van der Waals surface area contributed by atoms with Crippen LogP contribution in [0.4, 0.5) is 0 Å². The standard InChI is InChI=1S/C12H22BN2O2/c1-8(2)12(3,4)17-13-9-5-6-10(11(14)16)15-7-9/h8-9H,5-7H2,1-4H3,(H2,14,16). The zero-order valence-corrected chi connectivity index (χ0v) is 11.2. The molecule has 0 saturated carbocycles. The van der Waals surface area contributed by atoms with Crippen molar-refractivity contribution in [2.45, 2.75) is 52.0 Å². The van der Waals surface area contributed by atoms with Crippen molar-refractivity contribution in [1.29, 1.82) is 0 Å². The van der Waals surface area contributed by atoms with Gasteiger partial charge in [0.25, 0.3) is 13.4 Å². The van der Waals surface area contributed by atoms with Gasteiger partial charge in [0, 0.05) is 12.1 Å². The van der Waals surface area contributed by atoms with Crippen LogP contribution in [0.5, 0.6) is 0 Å². The molecule has 1 rings (SSSR count). The van der Waals surface area contributed by atoms with Crippen molar-refractivity contribution in [1.82, 2.24) is 0 Å². The van der Waals surface area contributed by atoms with Crippen LogP contribution in [0.3, 0.4) is 0 Å². The second kappa shape index (κ2) is 5.67. The fraction of sp³-hybridized carbons (Fsp3) is 0.833. The number of nitrogens with zero attached hydrogens (tertiary/aromatic N) is 1. The Morgan fingerprint density at radius 2 is 2.24 bits per heavy atom. The smallest absolute Gasteiger partial charge is 0.298 e. The molecule has 0 saturated heterocycles. The lowest BCUT2D eigenvalue weighted by Crippen LogP contribution is -2.35. The van der Waals surface area contributed by atoms with E-state index < -0.39 is 5.91 Å². The van der Waals surface area contributed by atoms with Crippen LogP contribution in [0.15, 0.2) is 4.99 Å². The van der Waals surface area contributed by atoms with Crippen LogP contribution in [0.25, 0.3) is 0 Å². The van der Waals surface area contributed by atoms with E-state index in [4.69, 9.17) is 10.4 Å². The number of primary amides is 1. The summed E-state index contributed by atoms with van der Waals surface area (Å²) in [7, 11) is 1.88. The van der Waals surface area contributed by atoms with Crippen LogP contribution in [0.1, 0.15) is 40.5 Å². The minimum Gasteiger partial charge on any atom is -0.435 e. The first-order chi connectivity index (χ1) is 7.83. The number of hydrogen-bond donors (Lipinski definition) is 1. The van der Waals surface area contributed by atoms with Crippen molar-refractivity contribution in [2.24, 2.45) is 16.6 Å². The van der Waals surface area contributed by atoms with Gasteiger partial charge in [0.1, 0.15) is 0 Å². The fourth-order valence-electron chi connectivity index (χ4n) is 1.44. The molecule has 1 unspecified atom stereocenters. The van der Waals surface area contributed by atoms with Gasteiger partial charge in [-0.25, -0.2) is 0 Å². The van der Waals surface area contributed by atoms with E-state index in [0.29, 0.717) is 24.6 Å². The highest BCUT2D eigenvalue weighted by Gasteiger charge is 2.27. The molecule has 1 aliphatic rings. The van der Waals surface area contributed by atoms with Crippen molar-refractivity contribution >= 4 is 19.1 Å². The Hall–Kier alpha value is -0.835. The SMILES string of the molecule is CC(C)C(C)(C)O[B]C1CCC(C(N)=O)=NC1. The summed E-state index contributed by atoms with van der Waals surface area (Å²) in [5, 5.41) is 0. The highest BCUT2D eigenvalue weighted by atomic mass is 16.5. The Balaban J connectivity index is 2.39. The molecule has 17 heavy (non-hydrogen) atoms. The molecule has 0 aromatic rings. The molecule has 0 aliphatic carbocycles. The maximum atomic E-state index is 10.9. The lowest BCUT2D eigenvalue weighted by molar-refractivity contribution is -0.112. The summed E-state index contributed by atoms with van der Waals surface area (Å²) in [4.78, 5) is 15.1. The Bertz CT molecular complexity index is 314. The lowest BCUT2D eigenvalue weighted by atomic mass is 9.74. The van der Waals surface area contributed by atoms with E-state index in [-0.39, 0.29) is 11.4 Å². The van der Waals surface area contributed by atoms with Gasteiger partial charge in [-0.1, -0.05) is 13.8 Å². The van der Waals surface area contributed by atoms with Crippen LogP contribution < -0.4 is 5.73 Å². The Morgan fingerprint density at radius 3 is 2.65 bits per heavy atom. The van der Waals surface area contributed by atoms with Gasteiger partial charge in [-0.05, 0) is 38.4 Å². The molecular formula is C12H22BN2O2. The van der Waals surface area contributed by atoms with Gasteiger partial charge in [-0.3, -0.25) is 9.79 Å². The predicted octanol–water partition coefficient (Wildman–Crippen LogP) is 1.57. The Morgan fingerprint density at radius 1 is 1.59 bits per heavy atom. The second-order valence-electron chi connectivity index (χ2n) is 5.46. The molecule has 1 atom stereocenters. The minimum absolute atomic E-state index is 0.159. The molecule has 2 N–H and O–H groups in total. The Labute approximate surface area is 104 Å². The summed E-state index contributed by atoms with van der Waals surface area (Å²) in [6, 6.07) is 0. The van der Waals surface area contributed by atoms with Crippen LogP contribution in [-0.4, -0.2) is 31.2 Å². The van der Waals surface area contributed by atoms with Gasteiger partial charge in [-0.15, -0.1) is 0 Å². The van der Waals surface area contributed by atoms with Crippen LogP contribution in [0.2, 0.25) is 5.82 Å². The molecule has 1 heterocycles. The molecular weight excluding hydrogens is 215 g/mol. The number of amides is 1. The summed E-state index contributed by atoms with van der Waals surface area (Å²) in [5.74, 6) is 0.343. The zero-order chi connectivity index (χ0) is 13.1. The Kier molecular flexibility index (Phi) is 4.75. The molecule has 1 amide bonds. The molecule has 1 radical (unpaired) electrons. The van der Waals surface area contributed by atoms with Crippen LogP contribution in [0, 0.1) is 5.92 Å². The summed E-state index contributed by atoms with van der Waals surface area (Å²) < 4.78 is 5.82. The van der Waals surface area contributed by atoms with E-state index in [0.717, 1.165) is 6.42 Å². The maximum Gasteiger partial charge on any atom is 0.298 e. The van der Waals surface area contributed by atoms with Gasteiger partial charge < -0.3 is 10.4 Å². The van der Waals surface area contributed by atoms with Crippen LogP contribution >= 0.6 is 0 Å². The van der Waals surface area contributed by atoms with Crippen molar-refractivity contribution in [3.63, 3.8) is 0 Å². The molecule has 4 nitrogen and oxygen atoms in total. The first-order valence-corrected chi connectivity index (χ1v) is 6.17. The zero-order valence-electron chi connectivity index (χ0n) is 11.2. The predicted molar refractivity (Wildman–Crippen MR) is 70.2 cm³/mol. The number of nitrogens with two attached hydrogens (primary N) is 1. The third-order valence-electron chi connectivity index (χ3n) is 3.51. The number of carbonyl (C=O) groups excluding carboxylic acids is 1. The third kappa shape index (κ3) is 4.15. The van der Waals surface area contributed by atoms with Crippen molar-refractivity contribution in [3.8, 4) is 0 Å². The maximum absolute atomic E-state index is 10.9. The van der Waals surface area contributed by atoms with Gasteiger partial charge in [-0.2, -0.15) is 0 Å². The van der Waals surface area contributed by atoms with Crippen molar-refractivity contribution in [2.75, 3.05) is 6.54 Å². The third-order valence-corrected chi connectivity index (χ3v) is 3.51. The average Bonchev–Trinajstić information content (AvgIpc) is 2.27. The number of hydrogen-bond acceptors (Lipinski definition) is 3. The topological polar surface area (TPSA) is 64.7 Å². The minimum atomic E-state index is -0.396. The monoisotopic (exact) mass is 237 g/mol. The van der Waals surface area contributed by atoms with E-state index >= 15 is 0 Å². The summed E-state index contributed by atoms with van der Waals surface area (Å²) >= 11 is 0. The summed E-state index contributed by atoms with van der Waals surface area (Å²) in [6.45, 7) is 9.03. The number of carbonyl (C=O) groups is 1. The molecule has 0 bridgehead atoms. The summed E-state index contributed by atoms with van der Waals surface area (Å²) in [6.07, 6.45) is 1.54. The molecule has 0 spiro atoms.